The van der Waals surface area contributed by atoms with Gasteiger partial charge in [-0.05, 0) is 49.9 Å². The van der Waals surface area contributed by atoms with Gasteiger partial charge in [0.15, 0.2) is 0 Å². The van der Waals surface area contributed by atoms with E-state index in [2.05, 4.69) is 40.7 Å². The van der Waals surface area contributed by atoms with E-state index in [-0.39, 0.29) is 6.61 Å². The summed E-state index contributed by atoms with van der Waals surface area (Å²) in [7, 11) is 0. The lowest BCUT2D eigenvalue weighted by Crippen LogP contribution is -2.40. The van der Waals surface area contributed by atoms with Crippen LogP contribution in [0.5, 0.6) is 0 Å². The van der Waals surface area contributed by atoms with E-state index in [1.807, 2.05) is 6.07 Å². The highest BCUT2D eigenvalue weighted by Gasteiger charge is 2.22. The Morgan fingerprint density at radius 1 is 1.37 bits per heavy atom. The van der Waals surface area contributed by atoms with Crippen LogP contribution in [0, 0.1) is 6.92 Å². The van der Waals surface area contributed by atoms with Crippen LogP contribution in [-0.4, -0.2) is 30.9 Å². The van der Waals surface area contributed by atoms with Crippen molar-refractivity contribution < 1.29 is 9.84 Å². The number of hydrogen-bond donors (Lipinski definition) is 1. The summed E-state index contributed by atoms with van der Waals surface area (Å²) in [6.07, 6.45) is 2.16. The molecule has 106 valence electrons. The van der Waals surface area contributed by atoms with Gasteiger partial charge in [-0.25, -0.2) is 0 Å². The van der Waals surface area contributed by atoms with Crippen molar-refractivity contribution in [2.24, 2.45) is 0 Å². The van der Waals surface area contributed by atoms with Gasteiger partial charge >= 0.3 is 0 Å². The molecule has 1 N–H and O–H groups in total. The molecule has 0 bridgehead atoms. The molecule has 0 radical (unpaired) electrons. The van der Waals surface area contributed by atoms with E-state index >= 15 is 0 Å². The standard InChI is InChI=1S/C15H22BrNO2/c1-3-17(14-4-6-19-7-5-14)15-9-13(16)8-12(10-18)11(15)2/h8-9,14,18H,3-7,10H2,1-2H3. The third-order valence-electron chi connectivity index (χ3n) is 3.90. The maximum atomic E-state index is 9.47. The monoisotopic (exact) mass is 327 g/mol. The van der Waals surface area contributed by atoms with Crippen molar-refractivity contribution >= 4 is 21.6 Å². The van der Waals surface area contributed by atoms with E-state index in [1.165, 1.54) is 11.3 Å². The number of anilines is 1. The van der Waals surface area contributed by atoms with Crippen LogP contribution in [-0.2, 0) is 11.3 Å². The number of hydrogen-bond acceptors (Lipinski definition) is 3. The number of halogens is 1. The number of aliphatic hydroxyl groups is 1. The summed E-state index contributed by atoms with van der Waals surface area (Å²) in [5, 5.41) is 9.47. The molecule has 1 saturated heterocycles. The number of rotatable bonds is 4. The molecule has 0 saturated carbocycles. The molecule has 1 aromatic carbocycles. The Bertz CT molecular complexity index is 430. The van der Waals surface area contributed by atoms with Crippen LogP contribution < -0.4 is 4.90 Å². The predicted octanol–water partition coefficient (Wildman–Crippen LogP) is 3.26. The molecule has 0 unspecified atom stereocenters. The third kappa shape index (κ3) is 3.30. The molecule has 1 heterocycles. The largest absolute Gasteiger partial charge is 0.392 e. The molecule has 1 fully saturated rings. The number of ether oxygens (including phenoxy) is 1. The summed E-state index contributed by atoms with van der Waals surface area (Å²) >= 11 is 3.55. The van der Waals surface area contributed by atoms with Gasteiger partial charge in [0, 0.05) is 36.0 Å². The average molecular weight is 328 g/mol. The van der Waals surface area contributed by atoms with Crippen LogP contribution in [0.4, 0.5) is 5.69 Å². The quantitative estimate of drug-likeness (QED) is 0.921. The second-order valence-corrected chi connectivity index (χ2v) is 5.91. The van der Waals surface area contributed by atoms with Gasteiger partial charge in [-0.15, -0.1) is 0 Å². The molecule has 2 rings (SSSR count). The second-order valence-electron chi connectivity index (χ2n) is 5.00. The Labute approximate surface area is 123 Å². The molecule has 19 heavy (non-hydrogen) atoms. The lowest BCUT2D eigenvalue weighted by molar-refractivity contribution is 0.0846. The van der Waals surface area contributed by atoms with Crippen molar-refractivity contribution in [3.05, 3.63) is 27.7 Å². The van der Waals surface area contributed by atoms with Crippen LogP contribution in [0.15, 0.2) is 16.6 Å². The normalized spacial score (nSPS) is 16.6. The highest BCUT2D eigenvalue weighted by Crippen LogP contribution is 2.31. The summed E-state index contributed by atoms with van der Waals surface area (Å²) in [4.78, 5) is 2.45. The average Bonchev–Trinajstić information content (AvgIpc) is 2.44. The van der Waals surface area contributed by atoms with Crippen LogP contribution in [0.3, 0.4) is 0 Å². The molecule has 1 aromatic rings. The van der Waals surface area contributed by atoms with E-state index in [0.717, 1.165) is 42.6 Å². The van der Waals surface area contributed by atoms with Gasteiger partial charge in [0.2, 0.25) is 0 Å². The number of benzene rings is 1. The molecule has 0 aliphatic carbocycles. The second kappa shape index (κ2) is 6.73. The SMILES string of the molecule is CCN(c1cc(Br)cc(CO)c1C)C1CCOCC1. The first kappa shape index (κ1) is 14.8. The molecule has 4 heteroatoms. The van der Waals surface area contributed by atoms with Crippen LogP contribution >= 0.6 is 15.9 Å². The fourth-order valence-electron chi connectivity index (χ4n) is 2.80. The lowest BCUT2D eigenvalue weighted by atomic mass is 10.0. The minimum absolute atomic E-state index is 0.0869. The highest BCUT2D eigenvalue weighted by atomic mass is 79.9. The molecule has 0 amide bonds. The number of nitrogens with zero attached hydrogens (tertiary/aromatic N) is 1. The Morgan fingerprint density at radius 2 is 2.05 bits per heavy atom. The third-order valence-corrected chi connectivity index (χ3v) is 4.36. The molecule has 0 atom stereocenters. The number of aliphatic hydroxyl groups excluding tert-OH is 1. The Balaban J connectivity index is 2.34. The zero-order valence-corrected chi connectivity index (χ0v) is 13.2. The zero-order chi connectivity index (χ0) is 13.8. The Morgan fingerprint density at radius 3 is 2.63 bits per heavy atom. The minimum Gasteiger partial charge on any atom is -0.392 e. The van der Waals surface area contributed by atoms with Gasteiger partial charge in [-0.1, -0.05) is 15.9 Å². The summed E-state index contributed by atoms with van der Waals surface area (Å²) in [5.74, 6) is 0. The Kier molecular flexibility index (Phi) is 5.25. The lowest BCUT2D eigenvalue weighted by Gasteiger charge is -2.36. The summed E-state index contributed by atoms with van der Waals surface area (Å²) in [6, 6.07) is 4.70. The first-order valence-corrected chi connectivity index (χ1v) is 7.71. The van der Waals surface area contributed by atoms with Gasteiger partial charge in [-0.3, -0.25) is 0 Å². The van der Waals surface area contributed by atoms with Gasteiger partial charge < -0.3 is 14.7 Å². The first-order valence-electron chi connectivity index (χ1n) is 6.91. The fourth-order valence-corrected chi connectivity index (χ4v) is 3.30. The molecule has 1 aliphatic heterocycles. The van der Waals surface area contributed by atoms with Crippen molar-refractivity contribution in [3.63, 3.8) is 0 Å². The van der Waals surface area contributed by atoms with E-state index < -0.39 is 0 Å². The van der Waals surface area contributed by atoms with Gasteiger partial charge in [0.25, 0.3) is 0 Å². The van der Waals surface area contributed by atoms with Crippen molar-refractivity contribution in [2.45, 2.75) is 39.3 Å². The molecule has 3 nitrogen and oxygen atoms in total. The van der Waals surface area contributed by atoms with Crippen LogP contribution in [0.1, 0.15) is 30.9 Å². The van der Waals surface area contributed by atoms with E-state index in [9.17, 15) is 5.11 Å². The molecule has 1 aliphatic rings. The Hall–Kier alpha value is -0.580. The van der Waals surface area contributed by atoms with Crippen molar-refractivity contribution in [2.75, 3.05) is 24.7 Å². The van der Waals surface area contributed by atoms with Crippen LogP contribution in [0.25, 0.3) is 0 Å². The fraction of sp³-hybridized carbons (Fsp3) is 0.600. The molecular weight excluding hydrogens is 306 g/mol. The van der Waals surface area contributed by atoms with Gasteiger partial charge in [0.05, 0.1) is 6.61 Å². The minimum atomic E-state index is 0.0869. The maximum Gasteiger partial charge on any atom is 0.0685 e. The van der Waals surface area contributed by atoms with E-state index in [1.54, 1.807) is 0 Å². The van der Waals surface area contributed by atoms with Gasteiger partial charge in [0.1, 0.15) is 0 Å². The predicted molar refractivity (Wildman–Crippen MR) is 81.7 cm³/mol. The summed E-state index contributed by atoms with van der Waals surface area (Å²) < 4.78 is 6.48. The van der Waals surface area contributed by atoms with E-state index in [0.29, 0.717) is 6.04 Å². The highest BCUT2D eigenvalue weighted by molar-refractivity contribution is 9.10. The summed E-state index contributed by atoms with van der Waals surface area (Å²) in [5.41, 5.74) is 3.40. The van der Waals surface area contributed by atoms with Crippen molar-refractivity contribution in [3.8, 4) is 0 Å². The maximum absolute atomic E-state index is 9.47. The van der Waals surface area contributed by atoms with Crippen molar-refractivity contribution in [1.82, 2.24) is 0 Å². The summed E-state index contributed by atoms with van der Waals surface area (Å²) in [6.45, 7) is 7.04. The van der Waals surface area contributed by atoms with Crippen molar-refractivity contribution in [1.29, 1.82) is 0 Å². The zero-order valence-electron chi connectivity index (χ0n) is 11.7. The molecular formula is C15H22BrNO2. The first-order chi connectivity index (χ1) is 9.17. The topological polar surface area (TPSA) is 32.7 Å². The smallest absolute Gasteiger partial charge is 0.0685 e. The van der Waals surface area contributed by atoms with E-state index in [4.69, 9.17) is 4.74 Å². The molecule has 0 aromatic heterocycles. The molecule has 0 spiro atoms. The van der Waals surface area contributed by atoms with Crippen LogP contribution in [0.2, 0.25) is 0 Å². The van der Waals surface area contributed by atoms with Gasteiger partial charge in [-0.2, -0.15) is 0 Å².